The molecular weight excluding hydrogens is 571 g/mol. The van der Waals surface area contributed by atoms with Crippen LogP contribution in [-0.4, -0.2) is 5.91 Å². The highest BCUT2D eigenvalue weighted by molar-refractivity contribution is 5.90. The lowest BCUT2D eigenvalue weighted by atomic mass is 10.0. The second-order valence-electron chi connectivity index (χ2n) is 15.0. The maximum absolute atomic E-state index is 12.0. The predicted octanol–water partition coefficient (Wildman–Crippen LogP) is 16.1. The highest BCUT2D eigenvalue weighted by Crippen LogP contribution is 2.17. The number of benzene rings is 1. The Balaban J connectivity index is 1.63. The molecule has 0 heterocycles. The summed E-state index contributed by atoms with van der Waals surface area (Å²) in [5, 5.41) is 2.98. The van der Waals surface area contributed by atoms with Crippen LogP contribution in [0.1, 0.15) is 244 Å². The van der Waals surface area contributed by atoms with Crippen molar-refractivity contribution < 1.29 is 4.79 Å². The molecular formula is C45H83NO. The van der Waals surface area contributed by atoms with Crippen LogP contribution in [0.15, 0.2) is 30.3 Å². The fourth-order valence-electron chi connectivity index (χ4n) is 7.11. The molecule has 0 radical (unpaired) electrons. The van der Waals surface area contributed by atoms with Gasteiger partial charge in [0.15, 0.2) is 0 Å². The van der Waals surface area contributed by atoms with Gasteiger partial charge >= 0.3 is 0 Å². The number of rotatable bonds is 38. The Morgan fingerprint density at radius 1 is 0.362 bits per heavy atom. The van der Waals surface area contributed by atoms with E-state index in [1.54, 1.807) is 0 Å². The molecule has 1 aromatic carbocycles. The molecule has 0 saturated heterocycles. The summed E-state index contributed by atoms with van der Waals surface area (Å²) in [6.07, 6.45) is 52.2. The Morgan fingerprint density at radius 2 is 0.596 bits per heavy atom. The third kappa shape index (κ3) is 34.4. The number of unbranched alkanes of at least 4 members (excludes halogenated alkanes) is 35. The summed E-state index contributed by atoms with van der Waals surface area (Å²) in [6, 6.07) is 9.79. The summed E-state index contributed by atoms with van der Waals surface area (Å²) in [5.41, 5.74) is 0.906. The average molecular weight is 654 g/mol. The number of hydrogen-bond donors (Lipinski definition) is 1. The fourth-order valence-corrected chi connectivity index (χ4v) is 7.11. The normalized spacial score (nSPS) is 11.3. The highest BCUT2D eigenvalue weighted by Gasteiger charge is 2.02. The smallest absolute Gasteiger partial charge is 0.224 e. The van der Waals surface area contributed by atoms with E-state index in [0.717, 1.165) is 12.1 Å². The van der Waals surface area contributed by atoms with Gasteiger partial charge < -0.3 is 5.32 Å². The Hall–Kier alpha value is -1.31. The van der Waals surface area contributed by atoms with E-state index in [1.165, 1.54) is 225 Å². The van der Waals surface area contributed by atoms with Crippen molar-refractivity contribution in [3.05, 3.63) is 30.3 Å². The summed E-state index contributed by atoms with van der Waals surface area (Å²) in [4.78, 5) is 12.0. The predicted molar refractivity (Wildman–Crippen MR) is 212 cm³/mol. The van der Waals surface area contributed by atoms with E-state index in [1.807, 2.05) is 30.3 Å². The van der Waals surface area contributed by atoms with Crippen molar-refractivity contribution in [1.82, 2.24) is 0 Å². The monoisotopic (exact) mass is 654 g/mol. The molecule has 0 aliphatic carbocycles. The fraction of sp³-hybridized carbons (Fsp3) is 0.844. The molecule has 1 aromatic rings. The zero-order valence-corrected chi connectivity index (χ0v) is 32.0. The van der Waals surface area contributed by atoms with Gasteiger partial charge in [0.2, 0.25) is 5.91 Å². The van der Waals surface area contributed by atoms with Crippen LogP contribution in [-0.2, 0) is 4.79 Å². The summed E-state index contributed by atoms with van der Waals surface area (Å²) >= 11 is 0. The summed E-state index contributed by atoms with van der Waals surface area (Å²) < 4.78 is 0. The van der Waals surface area contributed by atoms with Gasteiger partial charge in [-0.15, -0.1) is 0 Å². The molecule has 1 amide bonds. The van der Waals surface area contributed by atoms with E-state index in [-0.39, 0.29) is 5.91 Å². The van der Waals surface area contributed by atoms with Crippen molar-refractivity contribution in [2.24, 2.45) is 0 Å². The first kappa shape index (κ1) is 43.7. The van der Waals surface area contributed by atoms with Crippen LogP contribution in [0.4, 0.5) is 5.69 Å². The molecule has 0 atom stereocenters. The standard InChI is InChI=1S/C45H83NO/c1-2-3-4-5-6-7-8-9-10-11-12-13-14-15-16-17-18-19-20-21-22-23-24-25-26-27-28-29-30-31-32-33-34-35-36-40-43-45(47)46-44-41-38-37-39-42-44/h37-39,41-42H,2-36,40,43H2,1H3,(H,46,47). The summed E-state index contributed by atoms with van der Waals surface area (Å²) in [6.45, 7) is 2.31. The van der Waals surface area contributed by atoms with Gasteiger partial charge in [-0.05, 0) is 18.6 Å². The van der Waals surface area contributed by atoms with Crippen LogP contribution in [0, 0.1) is 0 Å². The van der Waals surface area contributed by atoms with Gasteiger partial charge in [0.1, 0.15) is 0 Å². The zero-order chi connectivity index (χ0) is 33.6. The molecule has 0 aliphatic rings. The lowest BCUT2D eigenvalue weighted by Crippen LogP contribution is -2.10. The molecule has 2 nitrogen and oxygen atoms in total. The molecule has 0 saturated carbocycles. The first-order valence-corrected chi connectivity index (χ1v) is 21.7. The van der Waals surface area contributed by atoms with Gasteiger partial charge in [-0.2, -0.15) is 0 Å². The topological polar surface area (TPSA) is 29.1 Å². The molecule has 0 unspecified atom stereocenters. The summed E-state index contributed by atoms with van der Waals surface area (Å²) in [5.74, 6) is 0.150. The molecule has 47 heavy (non-hydrogen) atoms. The van der Waals surface area contributed by atoms with Crippen LogP contribution in [0.5, 0.6) is 0 Å². The molecule has 0 spiro atoms. The Morgan fingerprint density at radius 3 is 0.851 bits per heavy atom. The Labute approximate surface area is 295 Å². The molecule has 0 fully saturated rings. The Bertz CT molecular complexity index is 731. The van der Waals surface area contributed by atoms with Crippen molar-refractivity contribution in [3.8, 4) is 0 Å². The van der Waals surface area contributed by atoms with Crippen molar-refractivity contribution in [2.45, 2.75) is 244 Å². The van der Waals surface area contributed by atoms with Gasteiger partial charge in [0.05, 0.1) is 0 Å². The first-order valence-electron chi connectivity index (χ1n) is 21.7. The van der Waals surface area contributed by atoms with E-state index >= 15 is 0 Å². The molecule has 274 valence electrons. The van der Waals surface area contributed by atoms with Gasteiger partial charge in [-0.25, -0.2) is 0 Å². The molecule has 0 bridgehead atoms. The van der Waals surface area contributed by atoms with Crippen molar-refractivity contribution in [1.29, 1.82) is 0 Å². The number of amides is 1. The second-order valence-corrected chi connectivity index (χ2v) is 15.0. The molecule has 1 rings (SSSR count). The number of para-hydroxylation sites is 1. The number of carbonyl (C=O) groups is 1. The van der Waals surface area contributed by atoms with Crippen LogP contribution in [0.2, 0.25) is 0 Å². The molecule has 0 aromatic heterocycles. The van der Waals surface area contributed by atoms with Gasteiger partial charge in [-0.3, -0.25) is 4.79 Å². The third-order valence-electron chi connectivity index (χ3n) is 10.3. The minimum absolute atomic E-state index is 0.150. The van der Waals surface area contributed by atoms with Gasteiger partial charge in [0.25, 0.3) is 0 Å². The molecule has 2 heteroatoms. The number of carbonyl (C=O) groups excluding carboxylic acids is 1. The number of hydrogen-bond acceptors (Lipinski definition) is 1. The van der Waals surface area contributed by atoms with Crippen LogP contribution >= 0.6 is 0 Å². The van der Waals surface area contributed by atoms with Crippen molar-refractivity contribution >= 4 is 11.6 Å². The lowest BCUT2D eigenvalue weighted by molar-refractivity contribution is -0.116. The quantitative estimate of drug-likeness (QED) is 0.0707. The summed E-state index contributed by atoms with van der Waals surface area (Å²) in [7, 11) is 0. The van der Waals surface area contributed by atoms with Crippen molar-refractivity contribution in [2.75, 3.05) is 5.32 Å². The second kappa shape index (κ2) is 37.5. The highest BCUT2D eigenvalue weighted by atomic mass is 16.1. The van der Waals surface area contributed by atoms with Gasteiger partial charge in [-0.1, -0.05) is 250 Å². The van der Waals surface area contributed by atoms with Gasteiger partial charge in [0, 0.05) is 12.1 Å². The van der Waals surface area contributed by atoms with E-state index in [4.69, 9.17) is 0 Å². The molecule has 1 N–H and O–H groups in total. The van der Waals surface area contributed by atoms with E-state index in [9.17, 15) is 4.79 Å². The van der Waals surface area contributed by atoms with E-state index in [2.05, 4.69) is 12.2 Å². The largest absolute Gasteiger partial charge is 0.326 e. The van der Waals surface area contributed by atoms with E-state index in [0.29, 0.717) is 6.42 Å². The Kier molecular flexibility index (Phi) is 34.9. The molecule has 0 aliphatic heterocycles. The first-order chi connectivity index (χ1) is 23.3. The average Bonchev–Trinajstić information content (AvgIpc) is 3.08. The number of nitrogens with one attached hydrogen (secondary N) is 1. The number of anilines is 1. The zero-order valence-electron chi connectivity index (χ0n) is 32.0. The third-order valence-corrected chi connectivity index (χ3v) is 10.3. The minimum Gasteiger partial charge on any atom is -0.326 e. The minimum atomic E-state index is 0.150. The lowest BCUT2D eigenvalue weighted by Gasteiger charge is -2.05. The van der Waals surface area contributed by atoms with Crippen LogP contribution in [0.3, 0.4) is 0 Å². The SMILES string of the molecule is CCCCCCCCCCCCCCCCCCCCCCCCCCCCCCCCCCCCCCC(=O)Nc1ccccc1. The maximum Gasteiger partial charge on any atom is 0.224 e. The maximum atomic E-state index is 12.0. The van der Waals surface area contributed by atoms with Crippen molar-refractivity contribution in [3.63, 3.8) is 0 Å². The van der Waals surface area contributed by atoms with Crippen LogP contribution in [0.25, 0.3) is 0 Å². The van der Waals surface area contributed by atoms with Crippen LogP contribution < -0.4 is 5.32 Å². The van der Waals surface area contributed by atoms with E-state index < -0.39 is 0 Å².